The van der Waals surface area contributed by atoms with E-state index in [1.54, 1.807) is 13.8 Å². The summed E-state index contributed by atoms with van der Waals surface area (Å²) in [5.41, 5.74) is -1.79. The van der Waals surface area contributed by atoms with Crippen LogP contribution in [0.4, 0.5) is 0 Å². The van der Waals surface area contributed by atoms with Crippen LogP contribution in [0.3, 0.4) is 0 Å². The first-order chi connectivity index (χ1) is 12.4. The van der Waals surface area contributed by atoms with Crippen LogP contribution in [0.15, 0.2) is 12.2 Å². The van der Waals surface area contributed by atoms with Gasteiger partial charge in [0.1, 0.15) is 11.2 Å². The van der Waals surface area contributed by atoms with E-state index >= 15 is 0 Å². The second kappa shape index (κ2) is 7.32. The maximum atomic E-state index is 12.5. The van der Waals surface area contributed by atoms with Crippen molar-refractivity contribution in [2.45, 2.75) is 71.4 Å². The van der Waals surface area contributed by atoms with Gasteiger partial charge in [0.15, 0.2) is 5.92 Å². The number of carbonyl (C=O) groups excluding carboxylic acids is 4. The molecular formula is C19H26O8. The lowest BCUT2D eigenvalue weighted by molar-refractivity contribution is -0.249. The SMILES string of the molecule is C=C(C)C(=O)OC(C)OC(=O)C(C)C(=O)OC1(C)CC2CCC1(C)OC2=O. The van der Waals surface area contributed by atoms with Crippen molar-refractivity contribution in [3.8, 4) is 0 Å². The van der Waals surface area contributed by atoms with Gasteiger partial charge < -0.3 is 18.9 Å². The molecule has 0 aromatic carbocycles. The molecule has 1 saturated carbocycles. The predicted octanol–water partition coefficient (Wildman–Crippen LogP) is 2.05. The molecule has 1 aliphatic carbocycles. The van der Waals surface area contributed by atoms with E-state index in [1.165, 1.54) is 20.8 Å². The van der Waals surface area contributed by atoms with Gasteiger partial charge in [-0.2, -0.15) is 0 Å². The molecule has 27 heavy (non-hydrogen) atoms. The molecule has 2 heterocycles. The molecule has 2 aliphatic heterocycles. The molecule has 3 aliphatic rings. The number of ether oxygens (including phenoxy) is 4. The highest BCUT2D eigenvalue weighted by Crippen LogP contribution is 2.50. The summed E-state index contributed by atoms with van der Waals surface area (Å²) in [5.74, 6) is -4.19. The number of esters is 4. The highest BCUT2D eigenvalue weighted by molar-refractivity contribution is 5.95. The van der Waals surface area contributed by atoms with Gasteiger partial charge in [0.2, 0.25) is 6.29 Å². The summed E-state index contributed by atoms with van der Waals surface area (Å²) >= 11 is 0. The summed E-state index contributed by atoms with van der Waals surface area (Å²) in [6.07, 6.45) is 0.449. The fourth-order valence-corrected chi connectivity index (χ4v) is 3.27. The van der Waals surface area contributed by atoms with Gasteiger partial charge in [0.05, 0.1) is 5.92 Å². The van der Waals surface area contributed by atoms with E-state index in [9.17, 15) is 19.2 Å². The van der Waals surface area contributed by atoms with Gasteiger partial charge in [-0.3, -0.25) is 14.4 Å². The molecule has 0 N–H and O–H groups in total. The third-order valence-electron chi connectivity index (χ3n) is 5.32. The van der Waals surface area contributed by atoms with Crippen molar-refractivity contribution in [3.63, 3.8) is 0 Å². The zero-order valence-corrected chi connectivity index (χ0v) is 16.3. The topological polar surface area (TPSA) is 105 Å². The Labute approximate surface area is 158 Å². The van der Waals surface area contributed by atoms with Gasteiger partial charge in [0.25, 0.3) is 0 Å². The molecule has 8 heteroatoms. The Kier molecular flexibility index (Phi) is 5.68. The van der Waals surface area contributed by atoms with Crippen molar-refractivity contribution in [2.75, 3.05) is 0 Å². The summed E-state index contributed by atoms with van der Waals surface area (Å²) in [5, 5.41) is 0. The van der Waals surface area contributed by atoms with Crippen LogP contribution in [-0.4, -0.2) is 41.4 Å². The summed E-state index contributed by atoms with van der Waals surface area (Å²) in [4.78, 5) is 47.9. The molecule has 5 unspecified atom stereocenters. The molecule has 0 radical (unpaired) electrons. The summed E-state index contributed by atoms with van der Waals surface area (Å²) in [6, 6.07) is 0. The van der Waals surface area contributed by atoms with E-state index in [0.29, 0.717) is 19.3 Å². The van der Waals surface area contributed by atoms with Gasteiger partial charge in [0, 0.05) is 18.9 Å². The van der Waals surface area contributed by atoms with E-state index in [1.807, 2.05) is 0 Å². The molecule has 5 atom stereocenters. The van der Waals surface area contributed by atoms with Crippen LogP contribution < -0.4 is 0 Å². The van der Waals surface area contributed by atoms with Crippen LogP contribution in [0.1, 0.15) is 53.9 Å². The maximum absolute atomic E-state index is 12.5. The molecule has 3 fully saturated rings. The first-order valence-corrected chi connectivity index (χ1v) is 8.91. The molecule has 0 aromatic heterocycles. The number of rotatable bonds is 6. The van der Waals surface area contributed by atoms with Crippen molar-refractivity contribution < 1.29 is 38.1 Å². The minimum Gasteiger partial charge on any atom is -0.455 e. The minimum absolute atomic E-state index is 0.161. The summed E-state index contributed by atoms with van der Waals surface area (Å²) < 4.78 is 20.9. The van der Waals surface area contributed by atoms with E-state index in [4.69, 9.17) is 18.9 Å². The Morgan fingerprint density at radius 1 is 1.19 bits per heavy atom. The number of hydrogen-bond acceptors (Lipinski definition) is 8. The molecule has 3 rings (SSSR count). The van der Waals surface area contributed by atoms with E-state index in [0.717, 1.165) is 0 Å². The van der Waals surface area contributed by atoms with Crippen LogP contribution in [0, 0.1) is 11.8 Å². The molecule has 0 aromatic rings. The Hall–Kier alpha value is -2.38. The molecule has 8 nitrogen and oxygen atoms in total. The Balaban J connectivity index is 1.97. The third kappa shape index (κ3) is 4.14. The maximum Gasteiger partial charge on any atom is 0.336 e. The molecule has 0 spiro atoms. The van der Waals surface area contributed by atoms with Crippen LogP contribution in [0.5, 0.6) is 0 Å². The standard InChI is InChI=1S/C19H26O8/c1-10(2)14(20)24-12(4)25-15(21)11(3)16(22)26-19(6)9-13-7-8-18(19,5)27-17(13)23/h11-13H,1,7-9H2,2-6H3. The molecule has 150 valence electrons. The zero-order chi connectivity index (χ0) is 20.6. The lowest BCUT2D eigenvalue weighted by Crippen LogP contribution is -2.64. The van der Waals surface area contributed by atoms with Gasteiger partial charge >= 0.3 is 23.9 Å². The highest BCUT2D eigenvalue weighted by Gasteiger charge is 2.61. The second-order valence-corrected chi connectivity index (χ2v) is 7.66. The largest absolute Gasteiger partial charge is 0.455 e. The van der Waals surface area contributed by atoms with Crippen molar-refractivity contribution in [1.29, 1.82) is 0 Å². The second-order valence-electron chi connectivity index (χ2n) is 7.66. The number of hydrogen-bond donors (Lipinski definition) is 0. The van der Waals surface area contributed by atoms with Gasteiger partial charge in [-0.25, -0.2) is 4.79 Å². The van der Waals surface area contributed by atoms with Crippen molar-refractivity contribution in [3.05, 3.63) is 12.2 Å². The van der Waals surface area contributed by atoms with Crippen LogP contribution in [-0.2, 0) is 38.1 Å². The lowest BCUT2D eigenvalue weighted by atomic mass is 9.66. The van der Waals surface area contributed by atoms with Crippen LogP contribution in [0.25, 0.3) is 0 Å². The van der Waals surface area contributed by atoms with Gasteiger partial charge in [-0.05, 0) is 40.5 Å². The van der Waals surface area contributed by atoms with Crippen LogP contribution >= 0.6 is 0 Å². The molecule has 0 amide bonds. The normalized spacial score (nSPS) is 31.3. The summed E-state index contributed by atoms with van der Waals surface area (Å²) in [6.45, 7) is 11.0. The fourth-order valence-electron chi connectivity index (χ4n) is 3.27. The number of carbonyl (C=O) groups is 4. The quantitative estimate of drug-likeness (QED) is 0.226. The molecular weight excluding hydrogens is 356 g/mol. The minimum atomic E-state index is -1.23. The Bertz CT molecular complexity index is 683. The van der Waals surface area contributed by atoms with E-state index in [-0.39, 0.29) is 17.5 Å². The van der Waals surface area contributed by atoms with Crippen molar-refractivity contribution in [2.24, 2.45) is 11.8 Å². The first kappa shape index (κ1) is 20.9. The monoisotopic (exact) mass is 382 g/mol. The fraction of sp³-hybridized carbons (Fsp3) is 0.684. The van der Waals surface area contributed by atoms with E-state index < -0.39 is 41.3 Å². The smallest absolute Gasteiger partial charge is 0.336 e. The molecule has 2 saturated heterocycles. The molecule has 2 bridgehead atoms. The summed E-state index contributed by atoms with van der Waals surface area (Å²) in [7, 11) is 0. The Morgan fingerprint density at radius 3 is 2.33 bits per heavy atom. The average Bonchev–Trinajstić information content (AvgIpc) is 2.55. The van der Waals surface area contributed by atoms with Crippen molar-refractivity contribution in [1.82, 2.24) is 0 Å². The Morgan fingerprint density at radius 2 is 1.81 bits per heavy atom. The highest BCUT2D eigenvalue weighted by atomic mass is 16.7. The van der Waals surface area contributed by atoms with E-state index in [2.05, 4.69) is 6.58 Å². The number of fused-ring (bicyclic) bond motifs is 3. The van der Waals surface area contributed by atoms with Gasteiger partial charge in [-0.15, -0.1) is 0 Å². The zero-order valence-electron chi connectivity index (χ0n) is 16.3. The average molecular weight is 382 g/mol. The van der Waals surface area contributed by atoms with Crippen LogP contribution in [0.2, 0.25) is 0 Å². The lowest BCUT2D eigenvalue weighted by Gasteiger charge is -2.54. The first-order valence-electron chi connectivity index (χ1n) is 8.91. The third-order valence-corrected chi connectivity index (χ3v) is 5.32. The van der Waals surface area contributed by atoms with Crippen molar-refractivity contribution >= 4 is 23.9 Å². The van der Waals surface area contributed by atoms with Gasteiger partial charge in [-0.1, -0.05) is 6.58 Å². The predicted molar refractivity (Wildman–Crippen MR) is 92.0 cm³/mol.